The first-order valence-corrected chi connectivity index (χ1v) is 18.9. The Hall–Kier alpha value is -7.43. The molecule has 1 aromatic heterocycles. The average Bonchev–Trinajstić information content (AvgIpc) is 3.57. The minimum Gasteiger partial charge on any atom is -0.457 e. The van der Waals surface area contributed by atoms with Crippen molar-refractivity contribution in [2.24, 2.45) is 0 Å². The number of hydrogen-bond donors (Lipinski definition) is 0. The van der Waals surface area contributed by atoms with Gasteiger partial charge in [0.2, 0.25) is 0 Å². The second-order valence-corrected chi connectivity index (χ2v) is 14.3. The molecule has 0 bridgehead atoms. The van der Waals surface area contributed by atoms with E-state index in [0.29, 0.717) is 17.5 Å². The van der Waals surface area contributed by atoms with Gasteiger partial charge in [-0.15, -0.1) is 0 Å². The van der Waals surface area contributed by atoms with Crippen molar-refractivity contribution < 1.29 is 4.74 Å². The van der Waals surface area contributed by atoms with Crippen molar-refractivity contribution in [3.05, 3.63) is 222 Å². The molecular weight excluding hydrogens is 683 g/mol. The van der Waals surface area contributed by atoms with Gasteiger partial charge in [0.05, 0.1) is 5.41 Å². The fourth-order valence-electron chi connectivity index (χ4n) is 8.84. The number of fused-ring (bicyclic) bond motifs is 9. The molecule has 0 amide bonds. The molecule has 2 aliphatic rings. The number of benzene rings is 8. The molecule has 0 atom stereocenters. The summed E-state index contributed by atoms with van der Waals surface area (Å²) in [6, 6.07) is 70.1. The minimum atomic E-state index is -0.547. The average molecular weight is 716 g/mol. The summed E-state index contributed by atoms with van der Waals surface area (Å²) in [6.07, 6.45) is 0. The molecule has 9 aromatic rings. The van der Waals surface area contributed by atoms with Crippen LogP contribution < -0.4 is 4.74 Å². The highest BCUT2D eigenvalue weighted by molar-refractivity contribution is 5.91. The van der Waals surface area contributed by atoms with Gasteiger partial charge < -0.3 is 4.74 Å². The van der Waals surface area contributed by atoms with Crippen LogP contribution in [0.4, 0.5) is 0 Å². The van der Waals surface area contributed by atoms with E-state index in [4.69, 9.17) is 19.7 Å². The van der Waals surface area contributed by atoms with Gasteiger partial charge in [-0.25, -0.2) is 15.0 Å². The molecule has 0 fully saturated rings. The second-order valence-electron chi connectivity index (χ2n) is 14.3. The highest BCUT2D eigenvalue weighted by atomic mass is 16.5. The van der Waals surface area contributed by atoms with Crippen molar-refractivity contribution in [1.82, 2.24) is 15.0 Å². The number of hydrogen-bond acceptors (Lipinski definition) is 4. The lowest BCUT2D eigenvalue weighted by Crippen LogP contribution is -2.32. The van der Waals surface area contributed by atoms with Crippen LogP contribution in [0, 0.1) is 0 Å². The number of nitrogens with zero attached hydrogens (tertiary/aromatic N) is 3. The van der Waals surface area contributed by atoms with Gasteiger partial charge in [0.1, 0.15) is 11.5 Å². The van der Waals surface area contributed by atoms with Gasteiger partial charge in [0.15, 0.2) is 17.5 Å². The Bertz CT molecular complexity index is 2810. The third-order valence-electron chi connectivity index (χ3n) is 11.2. The number of rotatable bonds is 5. The highest BCUT2D eigenvalue weighted by Crippen LogP contribution is 2.62. The van der Waals surface area contributed by atoms with E-state index in [9.17, 15) is 0 Å². The van der Waals surface area contributed by atoms with Gasteiger partial charge in [-0.1, -0.05) is 182 Å². The highest BCUT2D eigenvalue weighted by Gasteiger charge is 2.51. The summed E-state index contributed by atoms with van der Waals surface area (Å²) in [6.45, 7) is 0. The van der Waals surface area contributed by atoms with Gasteiger partial charge in [0.25, 0.3) is 0 Å². The van der Waals surface area contributed by atoms with Crippen molar-refractivity contribution >= 4 is 0 Å². The first kappa shape index (κ1) is 32.0. The topological polar surface area (TPSA) is 47.9 Å². The zero-order valence-electron chi connectivity index (χ0n) is 30.3. The molecule has 0 saturated heterocycles. The van der Waals surface area contributed by atoms with E-state index >= 15 is 0 Å². The molecule has 4 heteroatoms. The minimum absolute atomic E-state index is 0.547. The number of para-hydroxylation sites is 2. The van der Waals surface area contributed by atoms with Crippen LogP contribution >= 0.6 is 0 Å². The van der Waals surface area contributed by atoms with Crippen LogP contribution in [0.2, 0.25) is 0 Å². The molecule has 0 unspecified atom stereocenters. The van der Waals surface area contributed by atoms with Crippen LogP contribution in [-0.2, 0) is 5.41 Å². The first-order chi connectivity index (χ1) is 27.8. The number of ether oxygens (including phenoxy) is 1. The van der Waals surface area contributed by atoms with Crippen LogP contribution in [0.25, 0.3) is 67.5 Å². The van der Waals surface area contributed by atoms with Crippen LogP contribution in [0.5, 0.6) is 11.5 Å². The molecule has 0 N–H and O–H groups in total. The van der Waals surface area contributed by atoms with Crippen molar-refractivity contribution in [1.29, 1.82) is 0 Å². The fraction of sp³-hybridized carbons (Fsp3) is 0.0192. The molecule has 262 valence electrons. The lowest BCUT2D eigenvalue weighted by Gasteiger charge is -2.39. The molecular formula is C52H33N3O. The predicted octanol–water partition coefficient (Wildman–Crippen LogP) is 12.7. The molecule has 2 heterocycles. The number of aromatic nitrogens is 3. The zero-order valence-corrected chi connectivity index (χ0v) is 30.3. The molecule has 56 heavy (non-hydrogen) atoms. The Kier molecular flexibility index (Phi) is 7.36. The van der Waals surface area contributed by atoms with E-state index < -0.39 is 5.41 Å². The maximum atomic E-state index is 6.55. The molecule has 1 spiro atoms. The third-order valence-corrected chi connectivity index (χ3v) is 11.2. The van der Waals surface area contributed by atoms with Crippen LogP contribution in [0.15, 0.2) is 200 Å². The largest absolute Gasteiger partial charge is 0.457 e. The van der Waals surface area contributed by atoms with Crippen molar-refractivity contribution in [2.45, 2.75) is 5.41 Å². The summed E-state index contributed by atoms with van der Waals surface area (Å²) >= 11 is 0. The maximum absolute atomic E-state index is 6.55. The third kappa shape index (κ3) is 4.89. The Morgan fingerprint density at radius 3 is 1.25 bits per heavy atom. The smallest absolute Gasteiger partial charge is 0.164 e. The van der Waals surface area contributed by atoms with E-state index in [1.807, 2.05) is 24.3 Å². The first-order valence-electron chi connectivity index (χ1n) is 18.9. The standard InChI is InChI=1S/C52H33N3O/c1-3-17-34(18-4-1)37-21-7-9-24-40(37)50-53-49(54-51(55-50)41-25-10-8-22-38(41)35-19-5-2-6-20-35)36-31-32-44-42(33-36)39-23-11-12-26-43(39)52(44)45-27-13-15-29-47(45)56-48-30-16-14-28-46(48)52/h1-33H. The Balaban J connectivity index is 1.16. The monoisotopic (exact) mass is 715 g/mol. The van der Waals surface area contributed by atoms with Gasteiger partial charge in [-0.2, -0.15) is 0 Å². The molecule has 4 nitrogen and oxygen atoms in total. The molecule has 1 aliphatic heterocycles. The van der Waals surface area contributed by atoms with Crippen LogP contribution in [-0.4, -0.2) is 15.0 Å². The second kappa shape index (κ2) is 12.9. The normalized spacial score (nSPS) is 12.9. The summed E-state index contributed by atoms with van der Waals surface area (Å²) in [5, 5.41) is 0. The molecule has 1 aliphatic carbocycles. The lowest BCUT2D eigenvalue weighted by molar-refractivity contribution is 0.436. The van der Waals surface area contributed by atoms with Crippen molar-refractivity contribution in [3.8, 4) is 79.0 Å². The lowest BCUT2D eigenvalue weighted by atomic mass is 9.66. The maximum Gasteiger partial charge on any atom is 0.164 e. The van der Waals surface area contributed by atoms with Gasteiger partial charge in [-0.05, 0) is 62.7 Å². The van der Waals surface area contributed by atoms with E-state index in [1.165, 1.54) is 16.7 Å². The fourth-order valence-corrected chi connectivity index (χ4v) is 8.84. The Morgan fingerprint density at radius 1 is 0.286 bits per heavy atom. The van der Waals surface area contributed by atoms with Crippen LogP contribution in [0.3, 0.4) is 0 Å². The van der Waals surface area contributed by atoms with Gasteiger partial charge in [-0.3, -0.25) is 0 Å². The summed E-state index contributed by atoms with van der Waals surface area (Å²) in [5.41, 5.74) is 13.7. The van der Waals surface area contributed by atoms with E-state index in [1.54, 1.807) is 0 Å². The van der Waals surface area contributed by atoms with E-state index in [-0.39, 0.29) is 0 Å². The predicted molar refractivity (Wildman–Crippen MR) is 224 cm³/mol. The molecule has 8 aromatic carbocycles. The van der Waals surface area contributed by atoms with E-state index in [2.05, 4.69) is 176 Å². The van der Waals surface area contributed by atoms with Gasteiger partial charge >= 0.3 is 0 Å². The van der Waals surface area contributed by atoms with Gasteiger partial charge in [0, 0.05) is 27.8 Å². The Labute approximate surface area is 325 Å². The van der Waals surface area contributed by atoms with Crippen molar-refractivity contribution in [3.63, 3.8) is 0 Å². The summed E-state index contributed by atoms with van der Waals surface area (Å²) < 4.78 is 6.55. The summed E-state index contributed by atoms with van der Waals surface area (Å²) in [5.74, 6) is 3.61. The quantitative estimate of drug-likeness (QED) is 0.178. The van der Waals surface area contributed by atoms with Crippen molar-refractivity contribution in [2.75, 3.05) is 0 Å². The Morgan fingerprint density at radius 2 is 0.696 bits per heavy atom. The molecule has 11 rings (SSSR count). The molecule has 0 radical (unpaired) electrons. The van der Waals surface area contributed by atoms with E-state index in [0.717, 1.165) is 67.1 Å². The summed E-state index contributed by atoms with van der Waals surface area (Å²) in [7, 11) is 0. The zero-order chi connectivity index (χ0) is 37.1. The van der Waals surface area contributed by atoms with Crippen LogP contribution in [0.1, 0.15) is 22.3 Å². The molecule has 0 saturated carbocycles. The summed E-state index contributed by atoms with van der Waals surface area (Å²) in [4.78, 5) is 15.9. The SMILES string of the molecule is c1ccc(-c2ccccc2-c2nc(-c3ccc4c(c3)-c3ccccc3C43c4ccccc4Oc4ccccc43)nc(-c3ccccc3-c3ccccc3)n2)cc1.